The Morgan fingerprint density at radius 3 is 2.56 bits per heavy atom. The van der Waals surface area contributed by atoms with Crippen molar-refractivity contribution < 1.29 is 19.1 Å². The van der Waals surface area contributed by atoms with E-state index in [4.69, 9.17) is 9.47 Å². The Hall–Kier alpha value is -3.84. The average molecular weight is 473 g/mol. The first-order valence-electron chi connectivity index (χ1n) is 10.7. The molecule has 0 bridgehead atoms. The number of nitrogens with one attached hydrogen (secondary N) is 1. The van der Waals surface area contributed by atoms with Crippen molar-refractivity contribution in [3.05, 3.63) is 93.9 Å². The number of amidine groups is 1. The molecule has 1 aliphatic heterocycles. The molecule has 1 heterocycles. The summed E-state index contributed by atoms with van der Waals surface area (Å²) in [7, 11) is 1.53. The number of Topliss-reactive ketones (excluding diaryl/α,β-unsaturated/α-hetero) is 1. The summed E-state index contributed by atoms with van der Waals surface area (Å²) in [6.45, 7) is 3.92. The molecule has 1 saturated heterocycles. The molecule has 1 aliphatic rings. The number of thioether (sulfide) groups is 1. The van der Waals surface area contributed by atoms with Crippen LogP contribution in [0.3, 0.4) is 0 Å². The van der Waals surface area contributed by atoms with Crippen LogP contribution in [-0.4, -0.2) is 30.6 Å². The summed E-state index contributed by atoms with van der Waals surface area (Å²) in [6.07, 6.45) is 1.77. The van der Waals surface area contributed by atoms with Gasteiger partial charge in [-0.3, -0.25) is 9.59 Å². The fourth-order valence-corrected chi connectivity index (χ4v) is 4.25. The minimum absolute atomic E-state index is 0.0999. The second-order valence-electron chi connectivity index (χ2n) is 7.76. The van der Waals surface area contributed by atoms with Gasteiger partial charge < -0.3 is 14.8 Å². The van der Waals surface area contributed by atoms with Crippen LogP contribution in [0.4, 0.5) is 5.69 Å². The molecule has 0 radical (unpaired) electrons. The number of methoxy groups -OCH3 is 1. The van der Waals surface area contributed by atoms with E-state index in [0.29, 0.717) is 27.1 Å². The first kappa shape index (κ1) is 23.3. The van der Waals surface area contributed by atoms with Crippen LogP contribution in [0.2, 0.25) is 0 Å². The van der Waals surface area contributed by atoms with E-state index in [1.54, 1.807) is 30.3 Å². The summed E-state index contributed by atoms with van der Waals surface area (Å²) in [5.74, 6) is 0.599. The first-order chi connectivity index (χ1) is 16.4. The average Bonchev–Trinajstić information content (AvgIpc) is 3.18. The number of aliphatic imine (C=N–C) groups is 1. The van der Waals surface area contributed by atoms with Gasteiger partial charge in [0, 0.05) is 5.56 Å². The van der Waals surface area contributed by atoms with Crippen molar-refractivity contribution in [2.75, 3.05) is 13.7 Å². The van der Waals surface area contributed by atoms with Gasteiger partial charge in [0.05, 0.1) is 17.7 Å². The number of hydrogen-bond donors (Lipinski definition) is 1. The summed E-state index contributed by atoms with van der Waals surface area (Å²) in [4.78, 5) is 29.9. The van der Waals surface area contributed by atoms with Crippen molar-refractivity contribution in [1.29, 1.82) is 0 Å². The number of amides is 1. The second kappa shape index (κ2) is 10.4. The monoisotopic (exact) mass is 472 g/mol. The molecule has 4 rings (SSSR count). The Kier molecular flexibility index (Phi) is 7.13. The molecule has 1 fully saturated rings. The highest BCUT2D eigenvalue weighted by Gasteiger charge is 2.24. The minimum Gasteiger partial charge on any atom is -0.493 e. The Labute approximate surface area is 202 Å². The van der Waals surface area contributed by atoms with Gasteiger partial charge in [-0.25, -0.2) is 4.99 Å². The number of aryl methyl sites for hydroxylation is 2. The molecule has 1 amide bonds. The lowest BCUT2D eigenvalue weighted by Crippen LogP contribution is -2.19. The van der Waals surface area contributed by atoms with Gasteiger partial charge in [0.25, 0.3) is 5.91 Å². The lowest BCUT2D eigenvalue weighted by atomic mass is 10.1. The Bertz CT molecular complexity index is 1300. The number of ketones is 1. The van der Waals surface area contributed by atoms with Gasteiger partial charge in [0.15, 0.2) is 29.1 Å². The minimum atomic E-state index is -0.207. The topological polar surface area (TPSA) is 77.0 Å². The third-order valence-electron chi connectivity index (χ3n) is 5.17. The summed E-state index contributed by atoms with van der Waals surface area (Å²) < 4.78 is 11.1. The molecule has 172 valence electrons. The third kappa shape index (κ3) is 5.55. The van der Waals surface area contributed by atoms with Crippen molar-refractivity contribution in [2.24, 2.45) is 4.99 Å². The molecule has 3 aromatic carbocycles. The second-order valence-corrected chi connectivity index (χ2v) is 8.79. The predicted octanol–water partition coefficient (Wildman–Crippen LogP) is 5.47. The predicted molar refractivity (Wildman–Crippen MR) is 136 cm³/mol. The summed E-state index contributed by atoms with van der Waals surface area (Å²) in [5.41, 5.74) is 4.39. The summed E-state index contributed by atoms with van der Waals surface area (Å²) in [6, 6.07) is 20.3. The number of carbonyl (C=O) groups excluding carboxylic acids is 2. The van der Waals surface area contributed by atoms with Crippen LogP contribution in [-0.2, 0) is 4.79 Å². The maximum Gasteiger partial charge on any atom is 0.264 e. The molecule has 0 atom stereocenters. The van der Waals surface area contributed by atoms with E-state index < -0.39 is 0 Å². The number of benzene rings is 3. The van der Waals surface area contributed by atoms with Crippen molar-refractivity contribution in [2.45, 2.75) is 13.8 Å². The van der Waals surface area contributed by atoms with Crippen LogP contribution >= 0.6 is 11.8 Å². The zero-order valence-electron chi connectivity index (χ0n) is 19.1. The molecule has 0 unspecified atom stereocenters. The highest BCUT2D eigenvalue weighted by atomic mass is 32.2. The van der Waals surface area contributed by atoms with Gasteiger partial charge in [0.1, 0.15) is 0 Å². The normalized spacial score (nSPS) is 15.4. The van der Waals surface area contributed by atoms with Crippen LogP contribution in [0.1, 0.15) is 27.0 Å². The van der Waals surface area contributed by atoms with Crippen molar-refractivity contribution in [3.8, 4) is 11.5 Å². The Morgan fingerprint density at radius 1 is 1.03 bits per heavy atom. The lowest BCUT2D eigenvalue weighted by molar-refractivity contribution is -0.115. The van der Waals surface area contributed by atoms with Crippen molar-refractivity contribution >= 4 is 40.4 Å². The van der Waals surface area contributed by atoms with Crippen LogP contribution in [0, 0.1) is 13.8 Å². The zero-order valence-corrected chi connectivity index (χ0v) is 19.9. The quantitative estimate of drug-likeness (QED) is 0.365. The molecule has 0 aliphatic carbocycles. The van der Waals surface area contributed by atoms with E-state index in [1.807, 2.05) is 50.2 Å². The standard InChI is InChI=1S/C27H24N2O4S/c1-17-9-11-21(18(2)13-17)28-27-29-26(31)25(34-27)15-19-10-12-23(24(14-19)32-3)33-16-22(30)20-7-5-4-6-8-20/h4-15H,16H2,1-3H3,(H,28,29,31)/b25-15-. The molecule has 1 N–H and O–H groups in total. The number of rotatable bonds is 7. The first-order valence-corrected chi connectivity index (χ1v) is 11.5. The molecule has 3 aromatic rings. The van der Waals surface area contributed by atoms with Gasteiger partial charge in [-0.2, -0.15) is 0 Å². The van der Waals surface area contributed by atoms with Gasteiger partial charge in [0.2, 0.25) is 0 Å². The highest BCUT2D eigenvalue weighted by Crippen LogP contribution is 2.33. The lowest BCUT2D eigenvalue weighted by Gasteiger charge is -2.11. The van der Waals surface area contributed by atoms with Gasteiger partial charge >= 0.3 is 0 Å². The fourth-order valence-electron chi connectivity index (χ4n) is 3.42. The third-order valence-corrected chi connectivity index (χ3v) is 6.08. The largest absolute Gasteiger partial charge is 0.493 e. The van der Waals surface area contributed by atoms with Gasteiger partial charge in [-0.15, -0.1) is 0 Å². The maximum absolute atomic E-state index is 12.5. The zero-order chi connectivity index (χ0) is 24.1. The smallest absolute Gasteiger partial charge is 0.264 e. The van der Waals surface area contributed by atoms with Crippen LogP contribution in [0.25, 0.3) is 6.08 Å². The van der Waals surface area contributed by atoms with Crippen LogP contribution < -0.4 is 14.8 Å². The van der Waals surface area contributed by atoms with Crippen molar-refractivity contribution in [1.82, 2.24) is 5.32 Å². The number of carbonyl (C=O) groups is 2. The molecular formula is C27H24N2O4S. The molecule has 7 heteroatoms. The van der Waals surface area contributed by atoms with Crippen LogP contribution in [0.5, 0.6) is 11.5 Å². The molecule has 0 aromatic heterocycles. The summed E-state index contributed by atoms with van der Waals surface area (Å²) in [5, 5.41) is 3.35. The summed E-state index contributed by atoms with van der Waals surface area (Å²) >= 11 is 1.28. The van der Waals surface area contributed by atoms with E-state index in [-0.39, 0.29) is 18.3 Å². The maximum atomic E-state index is 12.5. The molecule has 0 spiro atoms. The number of ether oxygens (including phenoxy) is 2. The van der Waals surface area contributed by atoms with Crippen molar-refractivity contribution in [3.63, 3.8) is 0 Å². The number of nitrogens with zero attached hydrogens (tertiary/aromatic N) is 1. The SMILES string of the molecule is COc1cc(/C=C2\SC(=Nc3ccc(C)cc3C)NC2=O)ccc1OCC(=O)c1ccccc1. The molecule has 6 nitrogen and oxygen atoms in total. The van der Waals surface area contributed by atoms with Gasteiger partial charge in [-0.05, 0) is 61.0 Å². The van der Waals surface area contributed by atoms with E-state index >= 15 is 0 Å². The Morgan fingerprint density at radius 2 is 1.82 bits per heavy atom. The van der Waals surface area contributed by atoms with E-state index in [2.05, 4.69) is 16.4 Å². The Balaban J connectivity index is 1.48. The van der Waals surface area contributed by atoms with E-state index in [0.717, 1.165) is 22.4 Å². The van der Waals surface area contributed by atoms with E-state index in [1.165, 1.54) is 18.9 Å². The van der Waals surface area contributed by atoms with Crippen LogP contribution in [0.15, 0.2) is 76.6 Å². The molecule has 34 heavy (non-hydrogen) atoms. The fraction of sp³-hybridized carbons (Fsp3) is 0.148. The van der Waals surface area contributed by atoms with Gasteiger partial charge in [-0.1, -0.05) is 54.1 Å². The molecular weight excluding hydrogens is 448 g/mol. The number of hydrogen-bond acceptors (Lipinski definition) is 6. The van der Waals surface area contributed by atoms with E-state index in [9.17, 15) is 9.59 Å². The molecule has 0 saturated carbocycles. The highest BCUT2D eigenvalue weighted by molar-refractivity contribution is 8.18.